The molecule has 0 aliphatic carbocycles. The Morgan fingerprint density at radius 3 is 2.74 bits per heavy atom. The van der Waals surface area contributed by atoms with Crippen LogP contribution in [0.5, 0.6) is 0 Å². The van der Waals surface area contributed by atoms with Crippen LogP contribution in [-0.2, 0) is 5.60 Å². The molecule has 1 unspecified atom stereocenters. The smallest absolute Gasteiger partial charge is 0.129 e. The number of rotatable bonds is 2. The fourth-order valence-corrected chi connectivity index (χ4v) is 3.09. The second-order valence-electron chi connectivity index (χ2n) is 5.90. The summed E-state index contributed by atoms with van der Waals surface area (Å²) < 4.78 is 0. The zero-order valence-corrected chi connectivity index (χ0v) is 12.2. The number of nitrogen functional groups attached to an aromatic ring is 1. The number of nitrogens with zero attached hydrogens (tertiary/aromatic N) is 2. The number of pyridine rings is 1. The van der Waals surface area contributed by atoms with Crippen molar-refractivity contribution in [1.82, 2.24) is 9.88 Å². The molecule has 1 aliphatic heterocycles. The monoisotopic (exact) mass is 263 g/mol. The predicted octanol–water partition coefficient (Wildman–Crippen LogP) is 2.05. The third-order valence-corrected chi connectivity index (χ3v) is 4.23. The van der Waals surface area contributed by atoms with Crippen LogP contribution in [0.3, 0.4) is 0 Å². The minimum atomic E-state index is -0.827. The van der Waals surface area contributed by atoms with Gasteiger partial charge in [-0.15, -0.1) is 0 Å². The van der Waals surface area contributed by atoms with Gasteiger partial charge in [-0.25, -0.2) is 4.98 Å². The van der Waals surface area contributed by atoms with Gasteiger partial charge in [0.1, 0.15) is 5.82 Å². The van der Waals surface area contributed by atoms with Gasteiger partial charge in [-0.05, 0) is 58.2 Å². The van der Waals surface area contributed by atoms with Crippen molar-refractivity contribution in [2.24, 2.45) is 0 Å². The summed E-state index contributed by atoms with van der Waals surface area (Å²) in [7, 11) is 0. The van der Waals surface area contributed by atoms with Crippen molar-refractivity contribution in [1.29, 1.82) is 0 Å². The molecule has 3 N–H and O–H groups in total. The molecule has 1 aliphatic rings. The minimum Gasteiger partial charge on any atom is -0.385 e. The van der Waals surface area contributed by atoms with Crippen LogP contribution in [0.1, 0.15) is 44.2 Å². The summed E-state index contributed by atoms with van der Waals surface area (Å²) in [6.07, 6.45) is 4.17. The molecule has 1 atom stereocenters. The second-order valence-corrected chi connectivity index (χ2v) is 5.90. The van der Waals surface area contributed by atoms with E-state index in [0.717, 1.165) is 43.5 Å². The van der Waals surface area contributed by atoms with Crippen LogP contribution in [0.15, 0.2) is 12.3 Å². The predicted molar refractivity (Wildman–Crippen MR) is 77.8 cm³/mol. The van der Waals surface area contributed by atoms with E-state index in [1.165, 1.54) is 0 Å². The topological polar surface area (TPSA) is 62.4 Å². The van der Waals surface area contributed by atoms with E-state index in [9.17, 15) is 5.11 Å². The average molecular weight is 263 g/mol. The van der Waals surface area contributed by atoms with Crippen LogP contribution in [-0.4, -0.2) is 34.1 Å². The molecule has 0 spiro atoms. The highest BCUT2D eigenvalue weighted by molar-refractivity contribution is 5.47. The van der Waals surface area contributed by atoms with E-state index in [0.29, 0.717) is 11.9 Å². The second kappa shape index (κ2) is 5.47. The number of aliphatic hydroxyl groups is 1. The van der Waals surface area contributed by atoms with Crippen molar-refractivity contribution < 1.29 is 5.11 Å². The van der Waals surface area contributed by atoms with Crippen LogP contribution in [0.25, 0.3) is 0 Å². The number of aromatic nitrogens is 1. The van der Waals surface area contributed by atoms with Gasteiger partial charge >= 0.3 is 0 Å². The molecule has 106 valence electrons. The molecule has 1 fully saturated rings. The average Bonchev–Trinajstić information content (AvgIpc) is 2.51. The third-order valence-electron chi connectivity index (χ3n) is 4.23. The van der Waals surface area contributed by atoms with Gasteiger partial charge in [0, 0.05) is 24.3 Å². The van der Waals surface area contributed by atoms with Gasteiger partial charge in [0.05, 0.1) is 5.60 Å². The molecule has 0 amide bonds. The van der Waals surface area contributed by atoms with Crippen LogP contribution in [0.2, 0.25) is 0 Å². The molecule has 0 bridgehead atoms. The molecule has 0 radical (unpaired) electrons. The van der Waals surface area contributed by atoms with E-state index in [1.54, 1.807) is 6.20 Å². The van der Waals surface area contributed by atoms with E-state index in [2.05, 4.69) is 23.7 Å². The van der Waals surface area contributed by atoms with E-state index >= 15 is 0 Å². The largest absolute Gasteiger partial charge is 0.385 e. The number of hydrogen-bond acceptors (Lipinski definition) is 4. The molecule has 1 aromatic rings. The summed E-state index contributed by atoms with van der Waals surface area (Å²) in [5, 5.41) is 11.0. The first-order valence-corrected chi connectivity index (χ1v) is 7.12. The van der Waals surface area contributed by atoms with Crippen LogP contribution in [0, 0.1) is 6.92 Å². The zero-order valence-electron chi connectivity index (χ0n) is 12.2. The fourth-order valence-electron chi connectivity index (χ4n) is 3.09. The number of likely N-dealkylation sites (tertiary alicyclic amines) is 1. The summed E-state index contributed by atoms with van der Waals surface area (Å²) in [5.41, 5.74) is 7.04. The summed E-state index contributed by atoms with van der Waals surface area (Å²) >= 11 is 0. The Bertz CT molecular complexity index is 427. The van der Waals surface area contributed by atoms with Crippen molar-refractivity contribution in [3.05, 3.63) is 23.4 Å². The summed E-state index contributed by atoms with van der Waals surface area (Å²) in [6, 6.07) is 2.45. The lowest BCUT2D eigenvalue weighted by atomic mass is 9.84. The van der Waals surface area contributed by atoms with Crippen molar-refractivity contribution >= 4 is 5.82 Å². The highest BCUT2D eigenvalue weighted by Gasteiger charge is 2.35. The number of anilines is 1. The van der Waals surface area contributed by atoms with Gasteiger partial charge in [-0.1, -0.05) is 0 Å². The fraction of sp³-hybridized carbons (Fsp3) is 0.667. The van der Waals surface area contributed by atoms with Gasteiger partial charge in [-0.2, -0.15) is 0 Å². The first-order valence-electron chi connectivity index (χ1n) is 7.12. The third kappa shape index (κ3) is 2.90. The Kier molecular flexibility index (Phi) is 4.11. The molecule has 1 saturated heterocycles. The molecule has 0 aromatic carbocycles. The highest BCUT2D eigenvalue weighted by Crippen LogP contribution is 2.37. The first kappa shape index (κ1) is 14.3. The number of nitrogens with two attached hydrogens (primary N) is 1. The van der Waals surface area contributed by atoms with Crippen molar-refractivity contribution in [2.75, 3.05) is 18.8 Å². The van der Waals surface area contributed by atoms with E-state index in [1.807, 2.05) is 13.0 Å². The molecule has 2 heterocycles. The van der Waals surface area contributed by atoms with Crippen molar-refractivity contribution in [3.63, 3.8) is 0 Å². The molecule has 0 saturated carbocycles. The maximum Gasteiger partial charge on any atom is 0.129 e. The highest BCUT2D eigenvalue weighted by atomic mass is 16.3. The lowest BCUT2D eigenvalue weighted by Crippen LogP contribution is -2.34. The molecular weight excluding hydrogens is 238 g/mol. The molecule has 4 heteroatoms. The first-order chi connectivity index (χ1) is 8.94. The number of hydrogen-bond donors (Lipinski definition) is 2. The van der Waals surface area contributed by atoms with E-state index in [4.69, 9.17) is 5.73 Å². The summed E-state index contributed by atoms with van der Waals surface area (Å²) in [5.74, 6) is 0.473. The van der Waals surface area contributed by atoms with Crippen molar-refractivity contribution in [3.8, 4) is 0 Å². The van der Waals surface area contributed by atoms with Crippen LogP contribution < -0.4 is 5.73 Å². The van der Waals surface area contributed by atoms with Crippen LogP contribution >= 0.6 is 0 Å². The molecule has 1 aromatic heterocycles. The van der Waals surface area contributed by atoms with Gasteiger partial charge in [-0.3, -0.25) is 0 Å². The Morgan fingerprint density at radius 1 is 1.37 bits per heavy atom. The molecule has 19 heavy (non-hydrogen) atoms. The van der Waals surface area contributed by atoms with E-state index in [-0.39, 0.29) is 0 Å². The Hall–Kier alpha value is -1.13. The van der Waals surface area contributed by atoms with Gasteiger partial charge in [0.25, 0.3) is 0 Å². The standard InChI is InChI=1S/C15H25N3O/c1-11(2)18-9-4-6-15(19,7-10-18)13-12(3)5-8-17-14(13)16/h5,8,11,19H,4,6-7,9-10H2,1-3H3,(H2,16,17). The SMILES string of the molecule is Cc1ccnc(N)c1C1(O)CCCN(C(C)C)CC1. The van der Waals surface area contributed by atoms with Crippen LogP contribution in [0.4, 0.5) is 5.82 Å². The normalized spacial score (nSPS) is 25.5. The maximum absolute atomic E-state index is 11.0. The summed E-state index contributed by atoms with van der Waals surface area (Å²) in [6.45, 7) is 8.35. The van der Waals surface area contributed by atoms with E-state index < -0.39 is 5.60 Å². The van der Waals surface area contributed by atoms with Gasteiger partial charge in [0.15, 0.2) is 0 Å². The molecule has 4 nitrogen and oxygen atoms in total. The lowest BCUT2D eigenvalue weighted by Gasteiger charge is -2.30. The van der Waals surface area contributed by atoms with Gasteiger partial charge in [0.2, 0.25) is 0 Å². The Balaban J connectivity index is 2.28. The molecular formula is C15H25N3O. The number of aryl methyl sites for hydroxylation is 1. The Labute approximate surface area is 115 Å². The summed E-state index contributed by atoms with van der Waals surface area (Å²) in [4.78, 5) is 6.57. The lowest BCUT2D eigenvalue weighted by molar-refractivity contribution is 0.0203. The minimum absolute atomic E-state index is 0.473. The maximum atomic E-state index is 11.0. The molecule has 2 rings (SSSR count). The quantitative estimate of drug-likeness (QED) is 0.857. The Morgan fingerprint density at radius 2 is 2.11 bits per heavy atom. The zero-order chi connectivity index (χ0) is 14.0. The van der Waals surface area contributed by atoms with Gasteiger partial charge < -0.3 is 15.7 Å². The van der Waals surface area contributed by atoms with Crippen molar-refractivity contribution in [2.45, 2.75) is 51.7 Å².